The number of esters is 1. The third kappa shape index (κ3) is 11.4. The predicted octanol–water partition coefficient (Wildman–Crippen LogP) is 4.03. The minimum Gasteiger partial charge on any atom is -0.0312 e. The number of rotatable bonds is 9. The Morgan fingerprint density at radius 3 is 2.21 bits per heavy atom. The van der Waals surface area contributed by atoms with Gasteiger partial charge in [-0.15, -0.1) is 0 Å². The molecule has 0 aromatic rings. The number of nitrogens with zero attached hydrogens (tertiary/aromatic N) is 1. The van der Waals surface area contributed by atoms with Crippen LogP contribution in [-0.4, -0.2) is 52.6 Å². The van der Waals surface area contributed by atoms with E-state index >= 15 is 0 Å². The zero-order valence-electron chi connectivity index (χ0n) is 17.6. The molecule has 2 saturated carbocycles. The number of carbonyl (C=O) groups is 1. The summed E-state index contributed by atoms with van der Waals surface area (Å²) in [4.78, 5) is 15.4. The van der Waals surface area contributed by atoms with Gasteiger partial charge in [0.25, 0.3) is 0 Å². The smallest absolute Gasteiger partial charge is 0.0312 e. The molecule has 0 spiro atoms. The molecule has 154 valence electrons. The first-order chi connectivity index (χ1) is 13.0. The molecule has 3 nitrogen and oxygen atoms in total. The zero-order valence-corrected chi connectivity index (χ0v) is 20.4. The Hall–Kier alpha value is 0.209. The van der Waals surface area contributed by atoms with Crippen molar-refractivity contribution in [3.63, 3.8) is 0 Å². The van der Waals surface area contributed by atoms with Crippen molar-refractivity contribution in [1.29, 1.82) is 0 Å². The van der Waals surface area contributed by atoms with Gasteiger partial charge in [0.2, 0.25) is 0 Å². The predicted molar refractivity (Wildman–Crippen MR) is 114 cm³/mol. The molecule has 1 atom stereocenters. The van der Waals surface area contributed by atoms with Crippen molar-refractivity contribution in [1.82, 2.24) is 4.90 Å². The van der Waals surface area contributed by atoms with Crippen LogP contribution in [-0.2, 0) is 26.6 Å². The van der Waals surface area contributed by atoms with Gasteiger partial charge < -0.3 is 0 Å². The third-order valence-corrected chi connectivity index (χ3v) is 6.64. The topological polar surface area (TPSA) is 29.5 Å². The largest absolute Gasteiger partial charge is 2.00 e. The van der Waals surface area contributed by atoms with Crippen LogP contribution in [0.5, 0.6) is 0 Å². The first kappa shape index (κ1) is 28.2. The van der Waals surface area contributed by atoms with Gasteiger partial charge in [-0.3, -0.25) is 0 Å². The first-order valence-corrected chi connectivity index (χ1v) is 11.3. The van der Waals surface area contributed by atoms with E-state index in [1.54, 1.807) is 6.08 Å². The van der Waals surface area contributed by atoms with Crippen LogP contribution in [0.1, 0.15) is 40.0 Å². The summed E-state index contributed by atoms with van der Waals surface area (Å²) in [6, 6.07) is 0.391. The number of allylic oxidation sites excluding steroid dienone is 1. The summed E-state index contributed by atoms with van der Waals surface area (Å²) in [5.74, 6) is 1.17. The number of ether oxygens (including phenoxy) is 1. The van der Waals surface area contributed by atoms with Gasteiger partial charge in [0, 0.05) is 0 Å². The summed E-state index contributed by atoms with van der Waals surface area (Å²) in [5, 5.41) is 0. The summed E-state index contributed by atoms with van der Waals surface area (Å²) in [6.07, 6.45) is 21.5. The maximum absolute atomic E-state index is 11.8. The Morgan fingerprint density at radius 2 is 1.71 bits per heavy atom. The van der Waals surface area contributed by atoms with E-state index in [9.17, 15) is 4.79 Å². The quantitative estimate of drug-likeness (QED) is 0.278. The van der Waals surface area contributed by atoms with Crippen molar-refractivity contribution < 1.29 is 26.6 Å². The second-order valence-electron chi connectivity index (χ2n) is 6.52. The molecule has 28 heavy (non-hydrogen) atoms. The molecule has 2 aliphatic rings. The number of hydrogen-bond donors (Lipinski definition) is 0. The van der Waals surface area contributed by atoms with Crippen LogP contribution < -0.4 is 0 Å². The fourth-order valence-corrected chi connectivity index (χ4v) is 4.91. The van der Waals surface area contributed by atoms with Crippen LogP contribution >= 0.6 is 0 Å². The molecule has 0 aromatic heterocycles. The third-order valence-electron chi connectivity index (χ3n) is 4.17. The second kappa shape index (κ2) is 16.9. The van der Waals surface area contributed by atoms with Crippen molar-refractivity contribution in [3.05, 3.63) is 72.6 Å². The SMILES string of the molecule is CCCC/C(=C/C(=O)OCC)[Se][C]1[CH][CH][CH][C]1[C@H](C)N(C)C.[CH]1[CH][CH][CH][CH]1.[Fe+2]. The monoisotopic (exact) mass is 491 g/mol. The fourth-order valence-electron chi connectivity index (χ4n) is 2.41. The van der Waals surface area contributed by atoms with Crippen molar-refractivity contribution in [2.75, 3.05) is 20.7 Å². The molecule has 0 aromatic carbocycles. The van der Waals surface area contributed by atoms with Gasteiger partial charge in [-0.2, -0.15) is 0 Å². The summed E-state index contributed by atoms with van der Waals surface area (Å²) in [5.41, 5.74) is 0. The molecule has 0 aliphatic heterocycles. The minimum absolute atomic E-state index is 0. The molecular weight excluding hydrogens is 457 g/mol. The van der Waals surface area contributed by atoms with E-state index in [4.69, 9.17) is 4.74 Å². The Kier molecular flexibility index (Phi) is 17.1. The number of hydrogen-bond acceptors (Lipinski definition) is 3. The van der Waals surface area contributed by atoms with Crippen molar-refractivity contribution in [3.8, 4) is 0 Å². The van der Waals surface area contributed by atoms with E-state index in [2.05, 4.69) is 52.1 Å². The molecule has 2 rings (SSSR count). The van der Waals surface area contributed by atoms with E-state index < -0.39 is 0 Å². The molecular formula is C23H33FeNO2Se+2. The van der Waals surface area contributed by atoms with Gasteiger partial charge in [-0.05, 0) is 32.1 Å². The maximum Gasteiger partial charge on any atom is 2.00 e. The van der Waals surface area contributed by atoms with Crippen LogP contribution in [0.25, 0.3) is 0 Å². The Morgan fingerprint density at radius 1 is 1.11 bits per heavy atom. The Balaban J connectivity index is 0.00000105. The average molecular weight is 490 g/mol. The fraction of sp³-hybridized carbons (Fsp3) is 0.435. The van der Waals surface area contributed by atoms with E-state index in [-0.39, 0.29) is 38.0 Å². The Labute approximate surface area is 191 Å². The minimum atomic E-state index is -0.204. The molecule has 0 bridgehead atoms. The molecule has 5 heteroatoms. The molecule has 10 radical (unpaired) electrons. The van der Waals surface area contributed by atoms with E-state index in [1.165, 1.54) is 15.2 Å². The molecule has 0 saturated heterocycles. The maximum atomic E-state index is 11.8. The molecule has 2 fully saturated rings. The van der Waals surface area contributed by atoms with Crippen LogP contribution in [0.2, 0.25) is 0 Å². The number of unbranched alkanes of at least 4 members (excludes halogenated alkanes) is 1. The van der Waals surface area contributed by atoms with Gasteiger partial charge in [0.1, 0.15) is 0 Å². The molecule has 0 heterocycles. The van der Waals surface area contributed by atoms with Gasteiger partial charge >= 0.3 is 160 Å². The second-order valence-corrected chi connectivity index (χ2v) is 8.97. The van der Waals surface area contributed by atoms with Crippen LogP contribution in [0, 0.1) is 62.1 Å². The van der Waals surface area contributed by atoms with E-state index in [0.717, 1.165) is 19.3 Å². The van der Waals surface area contributed by atoms with Gasteiger partial charge in [0.15, 0.2) is 0 Å². The average Bonchev–Trinajstić information content (AvgIpc) is 3.34. The molecule has 0 N–H and O–H groups in total. The zero-order chi connectivity index (χ0) is 20.1. The van der Waals surface area contributed by atoms with Crippen molar-refractivity contribution in [2.24, 2.45) is 0 Å². The number of carbonyl (C=O) groups excluding carboxylic acids is 1. The van der Waals surface area contributed by atoms with Crippen LogP contribution in [0.3, 0.4) is 0 Å². The van der Waals surface area contributed by atoms with E-state index in [0.29, 0.717) is 12.6 Å². The Bertz CT molecular complexity index is 431. The van der Waals surface area contributed by atoms with Crippen molar-refractivity contribution in [2.45, 2.75) is 46.1 Å². The van der Waals surface area contributed by atoms with Crippen LogP contribution in [0.15, 0.2) is 10.5 Å². The van der Waals surface area contributed by atoms with Gasteiger partial charge in [-0.25, -0.2) is 0 Å². The molecule has 0 unspecified atom stereocenters. The van der Waals surface area contributed by atoms with Crippen LogP contribution in [0.4, 0.5) is 0 Å². The summed E-state index contributed by atoms with van der Waals surface area (Å²) < 4.78 is 6.30. The standard InChI is InChI=1S/C18H28NO2Se.C5H5.Fe/c1-6-8-10-15(13-18(20)21-7-2)22-17-12-9-11-16(17)14(3)19(4)5;1-2-4-5-3-1;/h9,11-14H,6-8,10H2,1-5H3;1-5H;/q;;+2/b15-13-;;/t14-;;/m0../s1. The summed E-state index contributed by atoms with van der Waals surface area (Å²) in [7, 11) is 4.20. The first-order valence-electron chi connectivity index (χ1n) is 9.63. The van der Waals surface area contributed by atoms with Gasteiger partial charge in [0.05, 0.1) is 0 Å². The normalized spacial score (nSPS) is 19.1. The summed E-state index contributed by atoms with van der Waals surface area (Å²) >= 11 is 0.186. The van der Waals surface area contributed by atoms with Gasteiger partial charge in [-0.1, -0.05) is 0 Å². The molecule has 2 aliphatic carbocycles. The van der Waals surface area contributed by atoms with Crippen molar-refractivity contribution >= 4 is 20.9 Å². The molecule has 0 amide bonds. The summed E-state index contributed by atoms with van der Waals surface area (Å²) in [6.45, 7) is 6.67. The van der Waals surface area contributed by atoms with E-state index in [1.807, 2.05) is 39.0 Å².